The molecule has 1 fully saturated rings. The van der Waals surface area contributed by atoms with Crippen molar-refractivity contribution in [2.24, 2.45) is 11.8 Å². The first-order valence-corrected chi connectivity index (χ1v) is 13.7. The Morgan fingerprint density at radius 1 is 1.17 bits per heavy atom. The molecular weight excluding hydrogens is 476 g/mol. The molecule has 4 rings (SSSR count). The number of carbonyl (C=O) groups excluding carboxylic acids is 1. The molecule has 1 unspecified atom stereocenters. The van der Waals surface area contributed by atoms with E-state index >= 15 is 0 Å². The zero-order valence-corrected chi connectivity index (χ0v) is 22.3. The number of nitrogens with one attached hydrogen (secondary N) is 2. The van der Waals surface area contributed by atoms with Crippen LogP contribution in [0.25, 0.3) is 10.9 Å². The van der Waals surface area contributed by atoms with Gasteiger partial charge in [0, 0.05) is 55.5 Å². The third kappa shape index (κ3) is 5.32. The average molecular weight is 511 g/mol. The van der Waals surface area contributed by atoms with E-state index in [1.165, 1.54) is 26.2 Å². The Labute approximate surface area is 212 Å². The van der Waals surface area contributed by atoms with Crippen molar-refractivity contribution in [3.63, 3.8) is 0 Å². The normalized spacial score (nSPS) is 16.3. The van der Waals surface area contributed by atoms with Crippen LogP contribution in [0.5, 0.6) is 0 Å². The van der Waals surface area contributed by atoms with Gasteiger partial charge in [-0.1, -0.05) is 13.8 Å². The molecule has 192 valence electrons. The molecule has 1 aliphatic heterocycles. The quantitative estimate of drug-likeness (QED) is 0.496. The molecule has 0 radical (unpaired) electrons. The summed E-state index contributed by atoms with van der Waals surface area (Å²) < 4.78 is 26.8. The maximum atomic E-state index is 13.6. The largest absolute Gasteiger partial charge is 0.371 e. The topological polar surface area (TPSA) is 103 Å². The number of amides is 1. The molecule has 1 atom stereocenters. The van der Waals surface area contributed by atoms with Crippen LogP contribution in [0.1, 0.15) is 42.6 Å². The molecule has 3 aromatic rings. The zero-order chi connectivity index (χ0) is 26.2. The Kier molecular flexibility index (Phi) is 7.24. The van der Waals surface area contributed by atoms with Gasteiger partial charge in [-0.05, 0) is 73.6 Å². The van der Waals surface area contributed by atoms with Gasteiger partial charge in [-0.3, -0.25) is 9.59 Å². The molecule has 8 nitrogen and oxygen atoms in total. The lowest BCUT2D eigenvalue weighted by atomic mass is 9.97. The van der Waals surface area contributed by atoms with Crippen LogP contribution >= 0.6 is 0 Å². The number of hydrogen-bond acceptors (Lipinski definition) is 5. The first-order valence-electron chi connectivity index (χ1n) is 12.2. The standard InChI is InChI=1S/C27H34N4O4S/c1-17(2)12-19-10-11-31(16-19)25-9-7-21(36(34,35)30(4)5)15-23(25)27(33)28-20-6-8-24-22(14-20)18(3)13-26(32)29-24/h6-9,13-15,17,19H,10-12,16H2,1-5H3,(H,28,33)(H,29,32). The maximum Gasteiger partial charge on any atom is 0.257 e. The Hall–Kier alpha value is -3.17. The molecule has 1 amide bonds. The van der Waals surface area contributed by atoms with Gasteiger partial charge in [-0.25, -0.2) is 12.7 Å². The fourth-order valence-corrected chi connectivity index (χ4v) is 5.88. The molecule has 2 N–H and O–H groups in total. The summed E-state index contributed by atoms with van der Waals surface area (Å²) in [5.41, 5.74) is 2.93. The van der Waals surface area contributed by atoms with Gasteiger partial charge in [0.25, 0.3) is 5.91 Å². The highest BCUT2D eigenvalue weighted by molar-refractivity contribution is 7.89. The van der Waals surface area contributed by atoms with E-state index in [1.807, 2.05) is 13.0 Å². The van der Waals surface area contributed by atoms with Crippen LogP contribution in [0, 0.1) is 18.8 Å². The van der Waals surface area contributed by atoms with E-state index in [4.69, 9.17) is 0 Å². The van der Waals surface area contributed by atoms with Crippen molar-refractivity contribution < 1.29 is 13.2 Å². The van der Waals surface area contributed by atoms with Crippen LogP contribution in [0.4, 0.5) is 11.4 Å². The molecule has 1 aliphatic rings. The second-order valence-electron chi connectivity index (χ2n) is 10.2. The molecule has 0 aliphatic carbocycles. The Balaban J connectivity index is 1.71. The fraction of sp³-hybridized carbons (Fsp3) is 0.407. The summed E-state index contributed by atoms with van der Waals surface area (Å²) in [5, 5.41) is 3.77. The van der Waals surface area contributed by atoms with Gasteiger partial charge in [0.1, 0.15) is 0 Å². The summed E-state index contributed by atoms with van der Waals surface area (Å²) in [7, 11) is -0.762. The molecule has 1 saturated heterocycles. The minimum absolute atomic E-state index is 0.0752. The number of rotatable bonds is 7. The number of aromatic amines is 1. The molecule has 0 saturated carbocycles. The predicted molar refractivity (Wildman–Crippen MR) is 144 cm³/mol. The fourth-order valence-electron chi connectivity index (χ4n) is 4.95. The van der Waals surface area contributed by atoms with Crippen LogP contribution in [0.15, 0.2) is 52.2 Å². The number of sulfonamides is 1. The number of anilines is 2. The van der Waals surface area contributed by atoms with Crippen molar-refractivity contribution in [1.82, 2.24) is 9.29 Å². The SMILES string of the molecule is Cc1cc(=O)[nH]c2ccc(NC(=O)c3cc(S(=O)(=O)N(C)C)ccc3N3CCC(CC(C)C)C3)cc12. The molecule has 2 aromatic carbocycles. The number of aromatic nitrogens is 1. The van der Waals surface area contributed by atoms with E-state index in [-0.39, 0.29) is 16.4 Å². The van der Waals surface area contributed by atoms with Crippen LogP contribution < -0.4 is 15.8 Å². The van der Waals surface area contributed by atoms with E-state index in [2.05, 4.69) is 29.0 Å². The molecule has 0 bridgehead atoms. The highest BCUT2D eigenvalue weighted by Gasteiger charge is 2.28. The molecule has 2 heterocycles. The predicted octanol–water partition coefficient (Wildman–Crippen LogP) is 4.21. The number of benzene rings is 2. The van der Waals surface area contributed by atoms with Gasteiger partial charge < -0.3 is 15.2 Å². The van der Waals surface area contributed by atoms with Gasteiger partial charge in [0.15, 0.2) is 0 Å². The molecule has 36 heavy (non-hydrogen) atoms. The number of fused-ring (bicyclic) bond motifs is 1. The van der Waals surface area contributed by atoms with Crippen LogP contribution in [-0.2, 0) is 10.0 Å². The number of hydrogen-bond donors (Lipinski definition) is 2. The van der Waals surface area contributed by atoms with Crippen molar-refractivity contribution in [2.75, 3.05) is 37.4 Å². The highest BCUT2D eigenvalue weighted by Crippen LogP contribution is 2.32. The Bertz CT molecular complexity index is 1460. The summed E-state index contributed by atoms with van der Waals surface area (Å²) in [6.45, 7) is 7.92. The smallest absolute Gasteiger partial charge is 0.257 e. The maximum absolute atomic E-state index is 13.6. The molecule has 1 aromatic heterocycles. The molecule has 0 spiro atoms. The van der Waals surface area contributed by atoms with Crippen molar-refractivity contribution in [1.29, 1.82) is 0 Å². The van der Waals surface area contributed by atoms with Crippen molar-refractivity contribution in [3.05, 3.63) is 63.9 Å². The number of aryl methyl sites for hydroxylation is 1. The lowest BCUT2D eigenvalue weighted by Crippen LogP contribution is -2.26. The van der Waals surface area contributed by atoms with Crippen LogP contribution in [-0.4, -0.2) is 50.8 Å². The summed E-state index contributed by atoms with van der Waals surface area (Å²) >= 11 is 0. The Morgan fingerprint density at radius 3 is 2.61 bits per heavy atom. The lowest BCUT2D eigenvalue weighted by molar-refractivity contribution is 0.102. The summed E-state index contributed by atoms with van der Waals surface area (Å²) in [6, 6.07) is 11.6. The number of carbonyl (C=O) groups is 1. The minimum Gasteiger partial charge on any atom is -0.371 e. The number of nitrogens with zero attached hydrogens (tertiary/aromatic N) is 2. The van der Waals surface area contributed by atoms with E-state index in [1.54, 1.807) is 24.3 Å². The van der Waals surface area contributed by atoms with E-state index in [0.29, 0.717) is 28.6 Å². The third-order valence-electron chi connectivity index (χ3n) is 6.73. The Morgan fingerprint density at radius 2 is 1.92 bits per heavy atom. The zero-order valence-electron chi connectivity index (χ0n) is 21.5. The van der Waals surface area contributed by atoms with Crippen LogP contribution in [0.3, 0.4) is 0 Å². The average Bonchev–Trinajstić information content (AvgIpc) is 3.26. The minimum atomic E-state index is -3.71. The third-order valence-corrected chi connectivity index (χ3v) is 8.54. The summed E-state index contributed by atoms with van der Waals surface area (Å²) in [5.74, 6) is 0.753. The van der Waals surface area contributed by atoms with Gasteiger partial charge in [0.2, 0.25) is 15.6 Å². The van der Waals surface area contributed by atoms with Crippen molar-refractivity contribution in [3.8, 4) is 0 Å². The first kappa shape index (κ1) is 25.9. The molecule has 9 heteroatoms. The number of pyridine rings is 1. The lowest BCUT2D eigenvalue weighted by Gasteiger charge is -2.23. The molecular formula is C27H34N4O4S. The second-order valence-corrected chi connectivity index (χ2v) is 12.4. The van der Waals surface area contributed by atoms with Gasteiger partial charge in [0.05, 0.1) is 10.5 Å². The highest BCUT2D eigenvalue weighted by atomic mass is 32.2. The van der Waals surface area contributed by atoms with Crippen molar-refractivity contribution in [2.45, 2.75) is 38.5 Å². The monoisotopic (exact) mass is 510 g/mol. The number of H-pyrrole nitrogens is 1. The van der Waals surface area contributed by atoms with Crippen molar-refractivity contribution >= 4 is 38.2 Å². The van der Waals surface area contributed by atoms with E-state index in [9.17, 15) is 18.0 Å². The summed E-state index contributed by atoms with van der Waals surface area (Å²) in [6.07, 6.45) is 2.16. The van der Waals surface area contributed by atoms with E-state index < -0.39 is 10.0 Å². The summed E-state index contributed by atoms with van der Waals surface area (Å²) in [4.78, 5) is 30.4. The van der Waals surface area contributed by atoms with Gasteiger partial charge in [-0.15, -0.1) is 0 Å². The van der Waals surface area contributed by atoms with Gasteiger partial charge >= 0.3 is 0 Å². The van der Waals surface area contributed by atoms with E-state index in [0.717, 1.165) is 46.9 Å². The van der Waals surface area contributed by atoms with Crippen LogP contribution in [0.2, 0.25) is 0 Å². The second kappa shape index (κ2) is 10.1. The van der Waals surface area contributed by atoms with Gasteiger partial charge in [-0.2, -0.15) is 0 Å². The first-order chi connectivity index (χ1) is 17.0.